The number of nitrogens with zero attached hydrogens (tertiary/aromatic N) is 1. The summed E-state index contributed by atoms with van der Waals surface area (Å²) in [5.41, 5.74) is 2.15. The molecule has 0 bridgehead atoms. The molecule has 0 fully saturated rings. The van der Waals surface area contributed by atoms with Crippen molar-refractivity contribution in [1.29, 1.82) is 0 Å². The molecule has 74 valence electrons. The molecule has 1 rings (SSSR count). The van der Waals surface area contributed by atoms with Gasteiger partial charge >= 0.3 is 0 Å². The smallest absolute Gasteiger partial charge is 0.0801 e. The van der Waals surface area contributed by atoms with Crippen molar-refractivity contribution in [2.45, 2.75) is 32.4 Å². The predicted molar refractivity (Wildman–Crippen MR) is 59.9 cm³/mol. The molecule has 0 aromatic rings. The van der Waals surface area contributed by atoms with E-state index < -0.39 is 0 Å². The Morgan fingerprint density at radius 3 is 2.77 bits per heavy atom. The summed E-state index contributed by atoms with van der Waals surface area (Å²) in [4.78, 5) is 0. The summed E-state index contributed by atoms with van der Waals surface area (Å²) < 4.78 is 7.60. The van der Waals surface area contributed by atoms with Crippen LogP contribution in [0.25, 0.3) is 0 Å². The van der Waals surface area contributed by atoms with Crippen LogP contribution in [0.5, 0.6) is 0 Å². The molecular formula is C9H17N3S. The quantitative estimate of drug-likeness (QED) is 0.534. The zero-order valence-corrected chi connectivity index (χ0v) is 9.46. The highest BCUT2D eigenvalue weighted by Gasteiger charge is 2.33. The predicted octanol–water partition coefficient (Wildman–Crippen LogP) is 1.54. The highest BCUT2D eigenvalue weighted by atomic mass is 32.2. The molecule has 1 unspecified atom stereocenters. The highest BCUT2D eigenvalue weighted by Crippen LogP contribution is 2.23. The van der Waals surface area contributed by atoms with Gasteiger partial charge in [-0.25, -0.2) is 9.12 Å². The van der Waals surface area contributed by atoms with Gasteiger partial charge in [0.2, 0.25) is 0 Å². The Morgan fingerprint density at radius 1 is 1.69 bits per heavy atom. The Morgan fingerprint density at radius 2 is 2.31 bits per heavy atom. The van der Waals surface area contributed by atoms with Gasteiger partial charge in [0.25, 0.3) is 0 Å². The number of hydrogen-bond donors (Lipinski definition) is 2. The first kappa shape index (κ1) is 10.8. The van der Waals surface area contributed by atoms with Gasteiger partial charge in [-0.1, -0.05) is 12.2 Å². The maximum atomic E-state index is 4.38. The van der Waals surface area contributed by atoms with Crippen molar-refractivity contribution in [3.8, 4) is 0 Å². The molecule has 0 spiro atoms. The number of hydrogen-bond acceptors (Lipinski definition) is 4. The van der Waals surface area contributed by atoms with E-state index in [1.807, 2.05) is 14.0 Å². The number of rotatable bonds is 3. The molecule has 0 radical (unpaired) electrons. The molecule has 3 nitrogen and oxygen atoms in total. The van der Waals surface area contributed by atoms with Crippen LogP contribution in [0, 0.1) is 0 Å². The Hall–Kier alpha value is -0.320. The standard InChI is InChI=1S/C9H17N3S/c1-6(2)7-8(12-13-11-7)9(3,4)10-5/h7,10-11H,1H2,2-5H3. The van der Waals surface area contributed by atoms with Gasteiger partial charge in [0, 0.05) is 0 Å². The van der Waals surface area contributed by atoms with Crippen molar-refractivity contribution in [3.63, 3.8) is 0 Å². The second-order valence-corrected chi connectivity index (χ2v) is 4.44. The van der Waals surface area contributed by atoms with Crippen LogP contribution in [-0.2, 0) is 0 Å². The average molecular weight is 199 g/mol. The van der Waals surface area contributed by atoms with E-state index in [0.717, 1.165) is 11.3 Å². The van der Waals surface area contributed by atoms with Crippen molar-refractivity contribution >= 4 is 17.8 Å². The Balaban J connectivity index is 2.85. The number of nitrogens with one attached hydrogen (secondary N) is 2. The maximum Gasteiger partial charge on any atom is 0.0801 e. The van der Waals surface area contributed by atoms with E-state index >= 15 is 0 Å². The van der Waals surface area contributed by atoms with Crippen LogP contribution in [0.1, 0.15) is 20.8 Å². The van der Waals surface area contributed by atoms with E-state index in [9.17, 15) is 0 Å². The van der Waals surface area contributed by atoms with Crippen molar-refractivity contribution in [3.05, 3.63) is 12.2 Å². The molecule has 1 aliphatic rings. The molecule has 0 amide bonds. The first-order valence-electron chi connectivity index (χ1n) is 4.33. The summed E-state index contributed by atoms with van der Waals surface area (Å²) in [6.07, 6.45) is 0. The zero-order valence-electron chi connectivity index (χ0n) is 8.64. The first-order chi connectivity index (χ1) is 5.99. The lowest BCUT2D eigenvalue weighted by atomic mass is 9.90. The molecule has 0 aromatic heterocycles. The molecule has 13 heavy (non-hydrogen) atoms. The minimum Gasteiger partial charge on any atom is -0.310 e. The monoisotopic (exact) mass is 199 g/mol. The van der Waals surface area contributed by atoms with E-state index in [-0.39, 0.29) is 11.6 Å². The van der Waals surface area contributed by atoms with Gasteiger partial charge in [-0.05, 0) is 27.8 Å². The van der Waals surface area contributed by atoms with Crippen molar-refractivity contribution in [2.75, 3.05) is 7.05 Å². The molecule has 1 heterocycles. The van der Waals surface area contributed by atoms with Gasteiger partial charge in [0.05, 0.1) is 29.4 Å². The van der Waals surface area contributed by atoms with Crippen molar-refractivity contribution in [2.24, 2.45) is 4.40 Å². The summed E-state index contributed by atoms with van der Waals surface area (Å²) >= 11 is 1.40. The molecule has 0 aliphatic carbocycles. The van der Waals surface area contributed by atoms with Crippen LogP contribution < -0.4 is 10.0 Å². The van der Waals surface area contributed by atoms with E-state index in [4.69, 9.17) is 0 Å². The normalized spacial score (nSPS) is 23.1. The molecular weight excluding hydrogens is 182 g/mol. The van der Waals surface area contributed by atoms with Gasteiger partial charge < -0.3 is 5.32 Å². The highest BCUT2D eigenvalue weighted by molar-refractivity contribution is 7.96. The summed E-state index contributed by atoms with van der Waals surface area (Å²) in [7, 11) is 1.95. The van der Waals surface area contributed by atoms with E-state index in [1.54, 1.807) is 0 Å². The minimum atomic E-state index is -0.0693. The van der Waals surface area contributed by atoms with Crippen molar-refractivity contribution in [1.82, 2.24) is 10.0 Å². The maximum absolute atomic E-state index is 4.38. The fourth-order valence-electron chi connectivity index (χ4n) is 1.17. The molecule has 2 N–H and O–H groups in total. The SMILES string of the molecule is C=C(C)C1NSN=C1C(C)(C)NC. The second kappa shape index (κ2) is 3.82. The van der Waals surface area contributed by atoms with Crippen molar-refractivity contribution < 1.29 is 0 Å². The summed E-state index contributed by atoms with van der Waals surface area (Å²) in [6, 6.07) is 0.201. The van der Waals surface area contributed by atoms with Gasteiger partial charge in [0.15, 0.2) is 0 Å². The summed E-state index contributed by atoms with van der Waals surface area (Å²) in [5.74, 6) is 0. The largest absolute Gasteiger partial charge is 0.310 e. The van der Waals surface area contributed by atoms with Crippen LogP contribution >= 0.6 is 12.1 Å². The third-order valence-corrected chi connectivity index (χ3v) is 2.98. The lowest BCUT2D eigenvalue weighted by molar-refractivity contribution is 0.551. The van der Waals surface area contributed by atoms with Gasteiger partial charge in [-0.15, -0.1) is 0 Å². The van der Waals surface area contributed by atoms with Crippen LogP contribution in [0.2, 0.25) is 0 Å². The molecule has 0 aromatic carbocycles. The second-order valence-electron chi connectivity index (χ2n) is 3.84. The average Bonchev–Trinajstić information content (AvgIpc) is 2.52. The Kier molecular flexibility index (Phi) is 3.16. The van der Waals surface area contributed by atoms with Gasteiger partial charge in [0.1, 0.15) is 0 Å². The lowest BCUT2D eigenvalue weighted by Crippen LogP contribution is -2.50. The Labute approximate surface area is 84.4 Å². The Bertz CT molecular complexity index is 245. The van der Waals surface area contributed by atoms with Crippen LogP contribution in [0.4, 0.5) is 0 Å². The van der Waals surface area contributed by atoms with Crippen LogP contribution in [0.3, 0.4) is 0 Å². The summed E-state index contributed by atoms with van der Waals surface area (Å²) in [6.45, 7) is 10.2. The fraction of sp³-hybridized carbons (Fsp3) is 0.667. The van der Waals surface area contributed by atoms with E-state index in [0.29, 0.717) is 0 Å². The third kappa shape index (κ3) is 2.13. The molecule has 4 heteroatoms. The zero-order chi connectivity index (χ0) is 10.1. The molecule has 1 atom stereocenters. The van der Waals surface area contributed by atoms with E-state index in [1.165, 1.54) is 12.1 Å². The topological polar surface area (TPSA) is 36.4 Å². The molecule has 0 saturated heterocycles. The first-order valence-corrected chi connectivity index (χ1v) is 5.10. The minimum absolute atomic E-state index is 0.0693. The van der Waals surface area contributed by atoms with E-state index in [2.05, 4.69) is 34.9 Å². The lowest BCUT2D eigenvalue weighted by Gasteiger charge is -2.28. The van der Waals surface area contributed by atoms with Crippen LogP contribution in [-0.4, -0.2) is 24.3 Å². The molecule has 1 aliphatic heterocycles. The third-order valence-electron chi connectivity index (χ3n) is 2.35. The van der Waals surface area contributed by atoms with Gasteiger partial charge in [-0.3, -0.25) is 0 Å². The fourth-order valence-corrected chi connectivity index (χ4v) is 2.08. The van der Waals surface area contributed by atoms with Gasteiger partial charge in [-0.2, -0.15) is 0 Å². The summed E-state index contributed by atoms with van der Waals surface area (Å²) in [5, 5.41) is 3.24. The molecule has 0 saturated carbocycles. The van der Waals surface area contributed by atoms with Crippen LogP contribution in [0.15, 0.2) is 16.5 Å².